The van der Waals surface area contributed by atoms with Gasteiger partial charge in [0, 0.05) is 34.9 Å². The second kappa shape index (κ2) is 8.30. The Morgan fingerprint density at radius 2 is 1.73 bits per heavy atom. The summed E-state index contributed by atoms with van der Waals surface area (Å²) in [6.45, 7) is 3.72. The van der Waals surface area contributed by atoms with Crippen LogP contribution < -0.4 is 15.4 Å². The Morgan fingerprint density at radius 1 is 1.10 bits per heavy atom. The number of carbonyl (C=O) groups is 3. The van der Waals surface area contributed by atoms with Crippen LogP contribution in [0.4, 0.5) is 11.5 Å². The van der Waals surface area contributed by atoms with Crippen LogP contribution in [0.25, 0.3) is 0 Å². The van der Waals surface area contributed by atoms with Crippen LogP contribution in [-0.2, 0) is 40.4 Å². The van der Waals surface area contributed by atoms with E-state index in [9.17, 15) is 19.2 Å². The van der Waals surface area contributed by atoms with E-state index in [1.165, 1.54) is 27.1 Å². The fourth-order valence-electron chi connectivity index (χ4n) is 3.70. The molecule has 12 nitrogen and oxygen atoms in total. The Bertz CT molecular complexity index is 916. The van der Waals surface area contributed by atoms with Crippen molar-refractivity contribution in [3.63, 3.8) is 0 Å². The predicted molar refractivity (Wildman–Crippen MR) is 102 cm³/mol. The molecule has 0 N–H and O–H groups in total. The molecular weight excluding hydrogens is 400 g/mol. The molecule has 4 atom stereocenters. The summed E-state index contributed by atoms with van der Waals surface area (Å²) in [6, 6.07) is 0. The van der Waals surface area contributed by atoms with Crippen LogP contribution in [0.15, 0.2) is 11.1 Å². The first kappa shape index (κ1) is 21.6. The molecule has 2 aliphatic heterocycles. The minimum absolute atomic E-state index is 0.201. The van der Waals surface area contributed by atoms with E-state index in [1.54, 1.807) is 28.5 Å². The normalized spacial score (nSPS) is 25.1. The van der Waals surface area contributed by atoms with E-state index < -0.39 is 48.0 Å². The molecule has 0 radical (unpaired) electrons. The van der Waals surface area contributed by atoms with E-state index >= 15 is 0 Å². The summed E-state index contributed by atoms with van der Waals surface area (Å²) < 4.78 is 23.6. The lowest BCUT2D eigenvalue weighted by atomic mass is 10.1. The van der Waals surface area contributed by atoms with Gasteiger partial charge in [-0.2, -0.15) is 4.98 Å². The van der Waals surface area contributed by atoms with Crippen molar-refractivity contribution in [2.75, 3.05) is 30.1 Å². The van der Waals surface area contributed by atoms with Crippen molar-refractivity contribution in [1.82, 2.24) is 9.55 Å². The molecule has 0 amide bonds. The van der Waals surface area contributed by atoms with E-state index in [2.05, 4.69) is 4.98 Å². The second-order valence-corrected chi connectivity index (χ2v) is 7.16. The molecule has 1 aromatic heterocycles. The monoisotopic (exact) mass is 424 g/mol. The van der Waals surface area contributed by atoms with Crippen LogP contribution in [0.3, 0.4) is 0 Å². The quantitative estimate of drug-likeness (QED) is 0.433. The van der Waals surface area contributed by atoms with Gasteiger partial charge in [-0.15, -0.1) is 0 Å². The van der Waals surface area contributed by atoms with Crippen molar-refractivity contribution in [2.24, 2.45) is 7.05 Å². The zero-order valence-electron chi connectivity index (χ0n) is 17.4. The first-order chi connectivity index (χ1) is 14.1. The number of anilines is 2. The van der Waals surface area contributed by atoms with Crippen LogP contribution in [0, 0.1) is 0 Å². The van der Waals surface area contributed by atoms with Crippen molar-refractivity contribution in [3.8, 4) is 0 Å². The average molecular weight is 424 g/mol. The van der Waals surface area contributed by atoms with Gasteiger partial charge in [-0.25, -0.2) is 0 Å². The van der Waals surface area contributed by atoms with Crippen LogP contribution in [0.2, 0.25) is 0 Å². The molecule has 0 bridgehead atoms. The molecule has 1 aromatic rings. The predicted octanol–water partition coefficient (Wildman–Crippen LogP) is -0.855. The summed E-state index contributed by atoms with van der Waals surface area (Å²) in [6.07, 6.45) is -2.43. The average Bonchev–Trinajstić information content (AvgIpc) is 3.15. The Labute approximate surface area is 172 Å². The molecule has 3 rings (SSSR count). The van der Waals surface area contributed by atoms with E-state index in [1.807, 2.05) is 0 Å². The van der Waals surface area contributed by atoms with Crippen molar-refractivity contribution in [2.45, 2.75) is 45.3 Å². The zero-order chi connectivity index (χ0) is 22.2. The van der Waals surface area contributed by atoms with Crippen LogP contribution in [0.5, 0.6) is 0 Å². The molecule has 0 aliphatic carbocycles. The molecular formula is C18H24N4O8. The lowest BCUT2D eigenvalue weighted by Crippen LogP contribution is -2.48. The van der Waals surface area contributed by atoms with Gasteiger partial charge in [0.2, 0.25) is 0 Å². The number of hydrogen-bond donors (Lipinski definition) is 0. The summed E-state index contributed by atoms with van der Waals surface area (Å²) in [5.74, 6) is -1.23. The third kappa shape index (κ3) is 4.08. The SMILES string of the molecule is CC(=O)OC[C@H]1O[C@@H](N2CN(C)c3c2n(C)cnc3=O)[C@H](OC(C)=O)[C@@H]1OC(C)=O. The maximum Gasteiger partial charge on any atom is 0.303 e. The van der Waals surface area contributed by atoms with Crippen LogP contribution in [0.1, 0.15) is 20.8 Å². The van der Waals surface area contributed by atoms with Gasteiger partial charge in [0.25, 0.3) is 5.56 Å². The van der Waals surface area contributed by atoms with Gasteiger partial charge in [-0.1, -0.05) is 0 Å². The van der Waals surface area contributed by atoms with Gasteiger partial charge in [0.15, 0.2) is 18.4 Å². The van der Waals surface area contributed by atoms with Crippen molar-refractivity contribution < 1.29 is 33.3 Å². The van der Waals surface area contributed by atoms with E-state index in [0.717, 1.165) is 0 Å². The van der Waals surface area contributed by atoms with Crippen LogP contribution >= 0.6 is 0 Å². The first-order valence-corrected chi connectivity index (χ1v) is 9.26. The van der Waals surface area contributed by atoms with Crippen LogP contribution in [-0.4, -0.2) is 72.3 Å². The number of rotatable bonds is 5. The minimum atomic E-state index is -1.02. The van der Waals surface area contributed by atoms with E-state index in [4.69, 9.17) is 18.9 Å². The Kier molecular flexibility index (Phi) is 5.97. The third-order valence-corrected chi connectivity index (χ3v) is 4.76. The van der Waals surface area contributed by atoms with Gasteiger partial charge in [0.05, 0.1) is 6.67 Å². The molecule has 0 aromatic carbocycles. The summed E-state index contributed by atoms with van der Waals surface area (Å²) in [4.78, 5) is 54.3. The summed E-state index contributed by atoms with van der Waals surface area (Å²) in [5.41, 5.74) is -0.0548. The number of aromatic nitrogens is 2. The summed E-state index contributed by atoms with van der Waals surface area (Å²) >= 11 is 0. The lowest BCUT2D eigenvalue weighted by molar-refractivity contribution is -0.165. The van der Waals surface area contributed by atoms with E-state index in [-0.39, 0.29) is 13.3 Å². The number of ether oxygens (including phenoxy) is 4. The topological polar surface area (TPSA) is 130 Å². The molecule has 0 unspecified atom stereocenters. The number of hydrogen-bond acceptors (Lipinski definition) is 11. The highest BCUT2D eigenvalue weighted by Crippen LogP contribution is 2.38. The summed E-state index contributed by atoms with van der Waals surface area (Å²) in [7, 11) is 3.44. The molecule has 30 heavy (non-hydrogen) atoms. The fraction of sp³-hybridized carbons (Fsp3) is 0.611. The maximum absolute atomic E-state index is 12.3. The molecule has 2 aliphatic rings. The van der Waals surface area contributed by atoms with Crippen molar-refractivity contribution in [3.05, 3.63) is 16.7 Å². The summed E-state index contributed by atoms with van der Waals surface area (Å²) in [5, 5.41) is 0. The smallest absolute Gasteiger partial charge is 0.303 e. The van der Waals surface area contributed by atoms with Crippen molar-refractivity contribution in [1.29, 1.82) is 0 Å². The Hall–Kier alpha value is -3.15. The second-order valence-electron chi connectivity index (χ2n) is 7.16. The highest BCUT2D eigenvalue weighted by Gasteiger charge is 2.53. The minimum Gasteiger partial charge on any atom is -0.463 e. The molecule has 3 heterocycles. The lowest BCUT2D eigenvalue weighted by Gasteiger charge is -2.31. The highest BCUT2D eigenvalue weighted by molar-refractivity contribution is 5.72. The molecule has 0 saturated carbocycles. The standard InChI is InChI=1S/C18H24N4O8/c1-9(23)27-6-12-14(28-10(2)24)15(29-11(3)25)18(30-12)22-8-21(5)13-16(26)19-7-20(4)17(13)22/h7,12,14-15,18H,6,8H2,1-5H3/t12-,14-,15-,18-/m1/s1. The molecule has 1 fully saturated rings. The van der Waals surface area contributed by atoms with Gasteiger partial charge in [-0.05, 0) is 0 Å². The third-order valence-electron chi connectivity index (χ3n) is 4.76. The number of aryl methyl sites for hydroxylation is 1. The number of esters is 3. The van der Waals surface area contributed by atoms with Gasteiger partial charge in [-0.3, -0.25) is 19.2 Å². The van der Waals surface area contributed by atoms with Gasteiger partial charge < -0.3 is 33.3 Å². The number of carbonyl (C=O) groups excluding carboxylic acids is 3. The molecule has 12 heteroatoms. The Morgan fingerprint density at radius 3 is 2.33 bits per heavy atom. The Balaban J connectivity index is 2.01. The first-order valence-electron chi connectivity index (χ1n) is 9.26. The maximum atomic E-state index is 12.3. The fourth-order valence-corrected chi connectivity index (χ4v) is 3.70. The molecule has 0 spiro atoms. The van der Waals surface area contributed by atoms with Crippen molar-refractivity contribution >= 4 is 29.4 Å². The van der Waals surface area contributed by atoms with Gasteiger partial charge >= 0.3 is 17.9 Å². The highest BCUT2D eigenvalue weighted by atomic mass is 16.7. The number of fused-ring (bicyclic) bond motifs is 1. The molecule has 164 valence electrons. The van der Waals surface area contributed by atoms with Gasteiger partial charge in [0.1, 0.15) is 30.5 Å². The number of nitrogens with zero attached hydrogens (tertiary/aromatic N) is 4. The van der Waals surface area contributed by atoms with E-state index in [0.29, 0.717) is 11.5 Å². The molecule has 1 saturated heterocycles. The largest absolute Gasteiger partial charge is 0.463 e. The zero-order valence-corrected chi connectivity index (χ0v) is 17.4.